The van der Waals surface area contributed by atoms with E-state index in [-0.39, 0.29) is 0 Å². The molecule has 0 saturated heterocycles. The van der Waals surface area contributed by atoms with Crippen LogP contribution in [0.15, 0.2) is 36.4 Å². The lowest BCUT2D eigenvalue weighted by atomic mass is 10.2. The van der Waals surface area contributed by atoms with Gasteiger partial charge in [0, 0.05) is 0 Å². The van der Waals surface area contributed by atoms with Crippen LogP contribution in [0.3, 0.4) is 0 Å². The summed E-state index contributed by atoms with van der Waals surface area (Å²) in [7, 11) is 0. The van der Waals surface area contributed by atoms with Crippen LogP contribution in [0.2, 0.25) is 0 Å². The third-order valence-corrected chi connectivity index (χ3v) is 3.93. The zero-order chi connectivity index (χ0) is 12.7. The van der Waals surface area contributed by atoms with E-state index in [0.29, 0.717) is 0 Å². The predicted molar refractivity (Wildman–Crippen MR) is 78.1 cm³/mol. The Morgan fingerprint density at radius 2 is 1.21 bits per heavy atom. The fraction of sp³-hybridized carbons (Fsp3) is 0. The average Bonchev–Trinajstić information content (AvgIpc) is 3.08. The molecule has 19 heavy (non-hydrogen) atoms. The van der Waals surface area contributed by atoms with Gasteiger partial charge in [0.15, 0.2) is 0 Å². The van der Waals surface area contributed by atoms with E-state index in [1.54, 1.807) is 0 Å². The number of fused-ring (bicyclic) bond motifs is 2. The van der Waals surface area contributed by atoms with Gasteiger partial charge < -0.3 is 5.32 Å². The normalized spacial score (nSPS) is 11.2. The van der Waals surface area contributed by atoms with Gasteiger partial charge in [-0.15, -0.1) is 0 Å². The van der Waals surface area contributed by atoms with Crippen LogP contribution < -0.4 is 5.32 Å². The topological polar surface area (TPSA) is 63.6 Å². The lowest BCUT2D eigenvalue weighted by Crippen LogP contribution is -1.92. The third-order valence-electron chi connectivity index (χ3n) is 2.84. The van der Waals surface area contributed by atoms with Gasteiger partial charge in [-0.1, -0.05) is 12.1 Å². The smallest absolute Gasteiger partial charge is 0.128 e. The number of nitrogens with zero attached hydrogens (tertiary/aromatic N) is 4. The Balaban J connectivity index is 1.86. The first-order chi connectivity index (χ1) is 9.42. The van der Waals surface area contributed by atoms with Crippen LogP contribution in [0.1, 0.15) is 0 Å². The lowest BCUT2D eigenvalue weighted by molar-refractivity contribution is 1.54. The number of benzene rings is 2. The number of rotatable bonds is 2. The quantitative estimate of drug-likeness (QED) is 0.611. The van der Waals surface area contributed by atoms with E-state index in [0.717, 1.165) is 33.4 Å². The zero-order valence-corrected chi connectivity index (χ0v) is 11.2. The number of anilines is 2. The van der Waals surface area contributed by atoms with Gasteiger partial charge in [-0.25, -0.2) is 0 Å². The molecule has 4 aromatic rings. The van der Waals surface area contributed by atoms with Crippen LogP contribution in [0.25, 0.3) is 22.1 Å². The van der Waals surface area contributed by atoms with E-state index in [4.69, 9.17) is 0 Å². The molecule has 0 aliphatic rings. The maximum atomic E-state index is 4.32. The second-order valence-electron chi connectivity index (χ2n) is 4.00. The summed E-state index contributed by atoms with van der Waals surface area (Å²) in [6, 6.07) is 11.8. The van der Waals surface area contributed by atoms with Crippen molar-refractivity contribution in [3.63, 3.8) is 0 Å². The van der Waals surface area contributed by atoms with E-state index in [2.05, 4.69) is 22.8 Å². The molecule has 2 heterocycles. The van der Waals surface area contributed by atoms with Crippen molar-refractivity contribution in [3.8, 4) is 0 Å². The summed E-state index contributed by atoms with van der Waals surface area (Å²) in [5, 5.41) is 3.37. The average molecular weight is 285 g/mol. The molecule has 0 aliphatic heterocycles. The Morgan fingerprint density at radius 3 is 1.74 bits per heavy atom. The molecule has 0 amide bonds. The summed E-state index contributed by atoms with van der Waals surface area (Å²) in [5.74, 6) is 0. The molecule has 0 aliphatic carbocycles. The van der Waals surface area contributed by atoms with Crippen LogP contribution in [0.4, 0.5) is 11.4 Å². The number of hydrogen-bond donors (Lipinski definition) is 1. The Labute approximate surface area is 116 Å². The molecule has 2 aromatic carbocycles. The first kappa shape index (κ1) is 10.8. The molecule has 92 valence electrons. The van der Waals surface area contributed by atoms with Gasteiger partial charge >= 0.3 is 0 Å². The molecule has 0 bridgehead atoms. The first-order valence-electron chi connectivity index (χ1n) is 5.61. The maximum absolute atomic E-state index is 4.32. The fourth-order valence-corrected chi connectivity index (χ4v) is 3.06. The van der Waals surface area contributed by atoms with E-state index in [1.807, 2.05) is 36.4 Å². The molecule has 0 unspecified atom stereocenters. The van der Waals surface area contributed by atoms with Gasteiger partial charge in [-0.2, -0.15) is 17.5 Å². The summed E-state index contributed by atoms with van der Waals surface area (Å²) >= 11 is 2.43. The molecule has 0 saturated carbocycles. The van der Waals surface area contributed by atoms with E-state index >= 15 is 0 Å². The molecular weight excluding hydrogens is 278 g/mol. The molecular formula is C12H7N5S2. The van der Waals surface area contributed by atoms with Crippen molar-refractivity contribution >= 4 is 56.9 Å². The van der Waals surface area contributed by atoms with Crippen molar-refractivity contribution in [1.29, 1.82) is 0 Å². The molecule has 0 atom stereocenters. The SMILES string of the molecule is c1cc(Nc2cccc3nsnc23)c2nsnc2c1. The van der Waals surface area contributed by atoms with Crippen molar-refractivity contribution in [3.05, 3.63) is 36.4 Å². The molecule has 0 spiro atoms. The van der Waals surface area contributed by atoms with Crippen molar-refractivity contribution in [1.82, 2.24) is 17.5 Å². The molecule has 2 aromatic heterocycles. The van der Waals surface area contributed by atoms with Crippen molar-refractivity contribution < 1.29 is 0 Å². The van der Waals surface area contributed by atoms with Crippen LogP contribution in [-0.4, -0.2) is 17.5 Å². The Kier molecular flexibility index (Phi) is 2.39. The van der Waals surface area contributed by atoms with Crippen LogP contribution in [0.5, 0.6) is 0 Å². The summed E-state index contributed by atoms with van der Waals surface area (Å²) in [6.45, 7) is 0. The molecule has 4 rings (SSSR count). The highest BCUT2D eigenvalue weighted by atomic mass is 32.1. The Hall–Kier alpha value is -2.12. The molecule has 5 nitrogen and oxygen atoms in total. The molecule has 1 N–H and O–H groups in total. The second kappa shape index (κ2) is 4.22. The van der Waals surface area contributed by atoms with Crippen LogP contribution in [-0.2, 0) is 0 Å². The minimum absolute atomic E-state index is 0.882. The highest BCUT2D eigenvalue weighted by molar-refractivity contribution is 7.00. The Bertz CT molecular complexity index is 794. The minimum atomic E-state index is 0.882. The maximum Gasteiger partial charge on any atom is 0.128 e. The fourth-order valence-electron chi connectivity index (χ4n) is 1.96. The summed E-state index contributed by atoms with van der Waals surface area (Å²) in [4.78, 5) is 0. The number of hydrogen-bond acceptors (Lipinski definition) is 7. The molecule has 0 fully saturated rings. The standard InChI is InChI=1S/C12H7N5S2/c1-3-7(11-9(5-1)14-18-16-11)13-8-4-2-6-10-12(8)17-19-15-10/h1-6,13H. The van der Waals surface area contributed by atoms with Gasteiger partial charge in [-0.3, -0.25) is 0 Å². The van der Waals surface area contributed by atoms with Gasteiger partial charge in [0.1, 0.15) is 22.1 Å². The lowest BCUT2D eigenvalue weighted by Gasteiger charge is -2.06. The van der Waals surface area contributed by atoms with Crippen LogP contribution >= 0.6 is 23.5 Å². The monoisotopic (exact) mass is 285 g/mol. The number of nitrogens with one attached hydrogen (secondary N) is 1. The van der Waals surface area contributed by atoms with Crippen LogP contribution in [0, 0.1) is 0 Å². The van der Waals surface area contributed by atoms with Gasteiger partial charge in [0.05, 0.1) is 34.8 Å². The summed E-state index contributed by atoms with van der Waals surface area (Å²) in [5.41, 5.74) is 5.44. The van der Waals surface area contributed by atoms with E-state index in [9.17, 15) is 0 Å². The molecule has 0 radical (unpaired) electrons. The van der Waals surface area contributed by atoms with E-state index < -0.39 is 0 Å². The van der Waals surface area contributed by atoms with Gasteiger partial charge in [0.25, 0.3) is 0 Å². The second-order valence-corrected chi connectivity index (χ2v) is 5.06. The third kappa shape index (κ3) is 1.74. The Morgan fingerprint density at radius 1 is 0.684 bits per heavy atom. The zero-order valence-electron chi connectivity index (χ0n) is 9.57. The predicted octanol–water partition coefficient (Wildman–Crippen LogP) is 3.44. The first-order valence-corrected chi connectivity index (χ1v) is 7.07. The van der Waals surface area contributed by atoms with Crippen molar-refractivity contribution in [2.45, 2.75) is 0 Å². The minimum Gasteiger partial charge on any atom is -0.352 e. The van der Waals surface area contributed by atoms with Gasteiger partial charge in [-0.05, 0) is 24.3 Å². The highest BCUT2D eigenvalue weighted by Crippen LogP contribution is 2.28. The van der Waals surface area contributed by atoms with Crippen molar-refractivity contribution in [2.75, 3.05) is 5.32 Å². The van der Waals surface area contributed by atoms with Gasteiger partial charge in [0.2, 0.25) is 0 Å². The molecule has 7 heteroatoms. The number of aromatic nitrogens is 4. The summed E-state index contributed by atoms with van der Waals surface area (Å²) in [6.07, 6.45) is 0. The van der Waals surface area contributed by atoms with Crippen molar-refractivity contribution in [2.24, 2.45) is 0 Å². The van der Waals surface area contributed by atoms with E-state index in [1.165, 1.54) is 23.5 Å². The summed E-state index contributed by atoms with van der Waals surface area (Å²) < 4.78 is 17.1. The highest BCUT2D eigenvalue weighted by Gasteiger charge is 2.08. The largest absolute Gasteiger partial charge is 0.352 e.